The lowest BCUT2D eigenvalue weighted by Gasteiger charge is -2.36. The van der Waals surface area contributed by atoms with Gasteiger partial charge < -0.3 is 19.6 Å². The number of nitrogens with zero attached hydrogens (tertiary/aromatic N) is 3. The summed E-state index contributed by atoms with van der Waals surface area (Å²) in [5.74, 6) is -0.769. The molecule has 1 aromatic rings. The number of morpholine rings is 1. The fourth-order valence-electron chi connectivity index (χ4n) is 3.26. The number of amides is 2. The van der Waals surface area contributed by atoms with E-state index in [1.807, 2.05) is 24.3 Å². The molecule has 27 heavy (non-hydrogen) atoms. The summed E-state index contributed by atoms with van der Waals surface area (Å²) in [6.07, 6.45) is -0.244. The Balaban J connectivity index is 1.61. The van der Waals surface area contributed by atoms with Crippen LogP contribution in [0.5, 0.6) is 0 Å². The number of rotatable bonds is 6. The van der Waals surface area contributed by atoms with Crippen molar-refractivity contribution < 1.29 is 24.2 Å². The van der Waals surface area contributed by atoms with Crippen molar-refractivity contribution in [2.24, 2.45) is 0 Å². The highest BCUT2D eigenvalue weighted by atomic mass is 32.2. The summed E-state index contributed by atoms with van der Waals surface area (Å²) in [6, 6.07) is 7.59. The van der Waals surface area contributed by atoms with Crippen LogP contribution in [0.15, 0.2) is 29.2 Å². The first kappa shape index (κ1) is 19.7. The van der Waals surface area contributed by atoms with Gasteiger partial charge in [0.2, 0.25) is 11.8 Å². The molecule has 2 aliphatic heterocycles. The number of thioether (sulfide) groups is 1. The molecule has 3 rings (SSSR count). The zero-order valence-electron chi connectivity index (χ0n) is 15.2. The van der Waals surface area contributed by atoms with Gasteiger partial charge in [-0.15, -0.1) is 11.8 Å². The van der Waals surface area contributed by atoms with Crippen LogP contribution in [0.3, 0.4) is 0 Å². The number of hydrogen-bond donors (Lipinski definition) is 1. The summed E-state index contributed by atoms with van der Waals surface area (Å²) in [5.41, 5.74) is 0.776. The lowest BCUT2D eigenvalue weighted by Crippen LogP contribution is -2.53. The maximum atomic E-state index is 12.8. The van der Waals surface area contributed by atoms with E-state index in [1.165, 1.54) is 11.8 Å². The van der Waals surface area contributed by atoms with E-state index < -0.39 is 5.97 Å². The predicted molar refractivity (Wildman–Crippen MR) is 101 cm³/mol. The minimum atomic E-state index is -0.901. The molecule has 0 aliphatic carbocycles. The quantitative estimate of drug-likeness (QED) is 0.747. The SMILES string of the molecule is CN(CC(=O)O)CC1CN(C(=O)CN2C(=O)CSc3ccccc32)CCO1. The molecule has 9 heteroatoms. The Kier molecular flexibility index (Phi) is 6.35. The second kappa shape index (κ2) is 8.73. The second-order valence-electron chi connectivity index (χ2n) is 6.66. The van der Waals surface area contributed by atoms with E-state index in [1.54, 1.807) is 21.7 Å². The molecule has 1 atom stereocenters. The van der Waals surface area contributed by atoms with Crippen LogP contribution in [-0.2, 0) is 19.1 Å². The van der Waals surface area contributed by atoms with E-state index in [0.29, 0.717) is 32.0 Å². The fourth-order valence-corrected chi connectivity index (χ4v) is 4.20. The molecule has 1 aromatic carbocycles. The van der Waals surface area contributed by atoms with E-state index in [0.717, 1.165) is 10.6 Å². The van der Waals surface area contributed by atoms with E-state index in [9.17, 15) is 14.4 Å². The second-order valence-corrected chi connectivity index (χ2v) is 7.68. The van der Waals surface area contributed by atoms with E-state index in [4.69, 9.17) is 9.84 Å². The van der Waals surface area contributed by atoms with Crippen LogP contribution in [0.4, 0.5) is 5.69 Å². The third kappa shape index (κ3) is 5.00. The van der Waals surface area contributed by atoms with Crippen LogP contribution < -0.4 is 4.90 Å². The molecule has 2 amide bonds. The minimum Gasteiger partial charge on any atom is -0.480 e. The number of fused-ring (bicyclic) bond motifs is 1. The number of likely N-dealkylation sites (N-methyl/N-ethyl adjacent to an activating group) is 1. The molecule has 1 saturated heterocycles. The largest absolute Gasteiger partial charge is 0.480 e. The Morgan fingerprint density at radius 2 is 2.15 bits per heavy atom. The van der Waals surface area contributed by atoms with Crippen molar-refractivity contribution in [3.63, 3.8) is 0 Å². The third-order valence-corrected chi connectivity index (χ3v) is 5.56. The van der Waals surface area contributed by atoms with Gasteiger partial charge in [0.25, 0.3) is 0 Å². The van der Waals surface area contributed by atoms with Crippen LogP contribution in [0.1, 0.15) is 0 Å². The van der Waals surface area contributed by atoms with Crippen molar-refractivity contribution in [3.8, 4) is 0 Å². The molecule has 2 heterocycles. The average Bonchev–Trinajstić information content (AvgIpc) is 2.63. The maximum absolute atomic E-state index is 12.8. The van der Waals surface area contributed by atoms with E-state index in [2.05, 4.69) is 0 Å². The van der Waals surface area contributed by atoms with Gasteiger partial charge >= 0.3 is 5.97 Å². The van der Waals surface area contributed by atoms with Gasteiger partial charge in [0.1, 0.15) is 6.54 Å². The van der Waals surface area contributed by atoms with Crippen LogP contribution >= 0.6 is 11.8 Å². The molecule has 0 spiro atoms. The molecule has 2 aliphatic rings. The molecule has 8 nitrogen and oxygen atoms in total. The van der Waals surface area contributed by atoms with Crippen molar-refractivity contribution in [2.75, 3.05) is 57.0 Å². The molecule has 146 valence electrons. The monoisotopic (exact) mass is 393 g/mol. The number of para-hydroxylation sites is 1. The van der Waals surface area contributed by atoms with Crippen LogP contribution in [0.2, 0.25) is 0 Å². The van der Waals surface area contributed by atoms with E-state index >= 15 is 0 Å². The zero-order chi connectivity index (χ0) is 19.4. The van der Waals surface area contributed by atoms with Gasteiger partial charge in [-0.25, -0.2) is 0 Å². The number of carbonyl (C=O) groups excluding carboxylic acids is 2. The Morgan fingerprint density at radius 3 is 2.93 bits per heavy atom. The van der Waals surface area contributed by atoms with Gasteiger partial charge in [0.15, 0.2) is 0 Å². The molecule has 0 aromatic heterocycles. The van der Waals surface area contributed by atoms with Crippen LogP contribution in [-0.4, -0.2) is 90.9 Å². The molecule has 0 radical (unpaired) electrons. The topological polar surface area (TPSA) is 90.4 Å². The van der Waals surface area contributed by atoms with Crippen molar-refractivity contribution in [2.45, 2.75) is 11.0 Å². The van der Waals surface area contributed by atoms with E-state index in [-0.39, 0.29) is 31.0 Å². The molecular weight excluding hydrogens is 370 g/mol. The van der Waals surface area contributed by atoms with Crippen molar-refractivity contribution in [1.82, 2.24) is 9.80 Å². The normalized spacial score (nSPS) is 19.9. The number of carboxylic acids is 1. The number of carbonyl (C=O) groups is 3. The molecule has 1 N–H and O–H groups in total. The van der Waals surface area contributed by atoms with Gasteiger partial charge in [-0.05, 0) is 19.2 Å². The Morgan fingerprint density at radius 1 is 1.37 bits per heavy atom. The Labute approximate surface area is 162 Å². The number of benzene rings is 1. The fraction of sp³-hybridized carbons (Fsp3) is 0.500. The summed E-state index contributed by atoms with van der Waals surface area (Å²) in [5, 5.41) is 8.85. The number of ether oxygens (including phenoxy) is 1. The van der Waals surface area contributed by atoms with Crippen LogP contribution in [0, 0.1) is 0 Å². The van der Waals surface area contributed by atoms with Gasteiger partial charge in [-0.2, -0.15) is 0 Å². The van der Waals surface area contributed by atoms with Gasteiger partial charge in [0, 0.05) is 24.5 Å². The summed E-state index contributed by atoms with van der Waals surface area (Å²) < 4.78 is 5.67. The summed E-state index contributed by atoms with van der Waals surface area (Å²) >= 11 is 1.49. The molecule has 1 unspecified atom stereocenters. The standard InChI is InChI=1S/C18H23N3O5S/c1-19(11-18(24)25)8-13-9-20(6-7-26-13)16(22)10-21-14-4-2-3-5-15(14)27-12-17(21)23/h2-5,13H,6-12H2,1H3,(H,24,25). The highest BCUT2D eigenvalue weighted by molar-refractivity contribution is 8.00. The Hall–Kier alpha value is -2.10. The van der Waals surface area contributed by atoms with Gasteiger partial charge in [0.05, 0.1) is 30.7 Å². The lowest BCUT2D eigenvalue weighted by atomic mass is 10.2. The smallest absolute Gasteiger partial charge is 0.317 e. The molecule has 0 bridgehead atoms. The van der Waals surface area contributed by atoms with Crippen molar-refractivity contribution in [1.29, 1.82) is 0 Å². The summed E-state index contributed by atoms with van der Waals surface area (Å²) in [4.78, 5) is 41.8. The number of anilines is 1. The lowest BCUT2D eigenvalue weighted by molar-refractivity contribution is -0.141. The van der Waals surface area contributed by atoms with Crippen molar-refractivity contribution in [3.05, 3.63) is 24.3 Å². The highest BCUT2D eigenvalue weighted by Gasteiger charge is 2.30. The Bertz CT molecular complexity index is 729. The highest BCUT2D eigenvalue weighted by Crippen LogP contribution is 2.34. The molecular formula is C18H23N3O5S. The first-order valence-corrected chi connectivity index (χ1v) is 9.74. The van der Waals surface area contributed by atoms with Gasteiger partial charge in [-0.1, -0.05) is 12.1 Å². The predicted octanol–water partition coefficient (Wildman–Crippen LogP) is 0.369. The number of carboxylic acid groups (broad SMARTS) is 1. The average molecular weight is 393 g/mol. The maximum Gasteiger partial charge on any atom is 0.317 e. The number of aliphatic carboxylic acids is 1. The first-order chi connectivity index (χ1) is 12.9. The molecule has 1 fully saturated rings. The first-order valence-electron chi connectivity index (χ1n) is 8.76. The van der Waals surface area contributed by atoms with Crippen molar-refractivity contribution >= 4 is 35.2 Å². The number of hydrogen-bond acceptors (Lipinski definition) is 6. The zero-order valence-corrected chi connectivity index (χ0v) is 16.0. The molecule has 0 saturated carbocycles. The van der Waals surface area contributed by atoms with Gasteiger partial charge in [-0.3, -0.25) is 19.3 Å². The summed E-state index contributed by atoms with van der Waals surface area (Å²) in [7, 11) is 1.71. The third-order valence-electron chi connectivity index (χ3n) is 4.51. The summed E-state index contributed by atoms with van der Waals surface area (Å²) in [6.45, 7) is 1.62. The minimum absolute atomic E-state index is 0.00803. The van der Waals surface area contributed by atoms with Crippen LogP contribution in [0.25, 0.3) is 0 Å².